The summed E-state index contributed by atoms with van der Waals surface area (Å²) in [4.78, 5) is 14.7. The molecule has 2 aliphatic rings. The van der Waals surface area contributed by atoms with Gasteiger partial charge in [0.15, 0.2) is 0 Å². The van der Waals surface area contributed by atoms with Crippen molar-refractivity contribution in [3.8, 4) is 0 Å². The van der Waals surface area contributed by atoms with Crippen molar-refractivity contribution in [2.45, 2.75) is 12.2 Å². The molecule has 0 aromatic heterocycles. The van der Waals surface area contributed by atoms with Crippen LogP contribution in [0, 0.1) is 0 Å². The summed E-state index contributed by atoms with van der Waals surface area (Å²) in [6.45, 7) is 1.04. The van der Waals surface area contributed by atoms with Gasteiger partial charge in [0, 0.05) is 29.1 Å². The lowest BCUT2D eigenvalue weighted by Crippen LogP contribution is -2.46. The molecule has 5 nitrogen and oxygen atoms in total. The fraction of sp³-hybridized carbons (Fsp3) is 0.211. The Kier molecular flexibility index (Phi) is 4.46. The van der Waals surface area contributed by atoms with Gasteiger partial charge in [0.2, 0.25) is 5.91 Å². The molecule has 25 heavy (non-hydrogen) atoms. The quantitative estimate of drug-likeness (QED) is 0.743. The van der Waals surface area contributed by atoms with E-state index in [0.717, 1.165) is 15.7 Å². The van der Waals surface area contributed by atoms with Gasteiger partial charge in [-0.05, 0) is 29.3 Å². The summed E-state index contributed by atoms with van der Waals surface area (Å²) in [5, 5.41) is 9.59. The number of fused-ring (bicyclic) bond motifs is 1. The standard InChI is InChI=1S/C19H19BrN4O/c20-14-6-7-16-15(10-14)19(13-4-2-1-3-5-13)24(12-18(25)23-16)11-17-21-8-9-22-17/h1-10,17,19,21-22H,11-12H2,(H,23,25). The van der Waals surface area contributed by atoms with Gasteiger partial charge in [0.1, 0.15) is 6.17 Å². The molecule has 0 spiro atoms. The normalized spacial score (nSPS) is 20.4. The van der Waals surface area contributed by atoms with Crippen molar-refractivity contribution in [2.24, 2.45) is 0 Å². The second kappa shape index (κ2) is 6.90. The van der Waals surface area contributed by atoms with E-state index in [2.05, 4.69) is 55.0 Å². The molecule has 3 N–H and O–H groups in total. The van der Waals surface area contributed by atoms with Crippen LogP contribution in [0.25, 0.3) is 0 Å². The Bertz CT molecular complexity index is 800. The van der Waals surface area contributed by atoms with E-state index < -0.39 is 0 Å². The first-order valence-electron chi connectivity index (χ1n) is 8.26. The molecule has 1 amide bonds. The maximum atomic E-state index is 12.5. The van der Waals surface area contributed by atoms with Gasteiger partial charge < -0.3 is 16.0 Å². The summed E-state index contributed by atoms with van der Waals surface area (Å²) >= 11 is 3.57. The Labute approximate surface area is 155 Å². The number of rotatable bonds is 3. The zero-order valence-electron chi connectivity index (χ0n) is 13.6. The fourth-order valence-electron chi connectivity index (χ4n) is 3.45. The number of amides is 1. The maximum absolute atomic E-state index is 12.5. The third-order valence-electron chi connectivity index (χ3n) is 4.50. The Hall–Kier alpha value is -2.31. The monoisotopic (exact) mass is 398 g/mol. The highest BCUT2D eigenvalue weighted by Gasteiger charge is 2.31. The van der Waals surface area contributed by atoms with Crippen LogP contribution in [0.5, 0.6) is 0 Å². The van der Waals surface area contributed by atoms with Crippen LogP contribution in [-0.4, -0.2) is 30.1 Å². The summed E-state index contributed by atoms with van der Waals surface area (Å²) < 4.78 is 1.00. The molecule has 0 saturated heterocycles. The second-order valence-electron chi connectivity index (χ2n) is 6.24. The van der Waals surface area contributed by atoms with Gasteiger partial charge in [0.25, 0.3) is 0 Å². The molecule has 0 bridgehead atoms. The van der Waals surface area contributed by atoms with Gasteiger partial charge >= 0.3 is 0 Å². The van der Waals surface area contributed by atoms with Crippen LogP contribution in [0.1, 0.15) is 17.2 Å². The lowest BCUT2D eigenvalue weighted by Gasteiger charge is -2.32. The van der Waals surface area contributed by atoms with Crippen molar-refractivity contribution in [3.63, 3.8) is 0 Å². The third kappa shape index (κ3) is 3.41. The molecule has 1 atom stereocenters. The fourth-order valence-corrected chi connectivity index (χ4v) is 3.83. The van der Waals surface area contributed by atoms with Gasteiger partial charge in [0.05, 0.1) is 12.6 Å². The van der Waals surface area contributed by atoms with E-state index in [4.69, 9.17) is 0 Å². The average molecular weight is 399 g/mol. The molecule has 0 fully saturated rings. The van der Waals surface area contributed by atoms with Crippen molar-refractivity contribution in [3.05, 3.63) is 76.5 Å². The number of hydrogen-bond acceptors (Lipinski definition) is 4. The van der Waals surface area contributed by atoms with E-state index in [9.17, 15) is 4.79 Å². The number of carbonyl (C=O) groups is 1. The van der Waals surface area contributed by atoms with Gasteiger partial charge in [-0.1, -0.05) is 46.3 Å². The smallest absolute Gasteiger partial charge is 0.238 e. The lowest BCUT2D eigenvalue weighted by atomic mass is 9.96. The summed E-state index contributed by atoms with van der Waals surface area (Å²) in [5.41, 5.74) is 3.14. The van der Waals surface area contributed by atoms with Crippen molar-refractivity contribution >= 4 is 27.5 Å². The highest BCUT2D eigenvalue weighted by atomic mass is 79.9. The molecular formula is C19H19BrN4O. The number of halogens is 1. The van der Waals surface area contributed by atoms with Gasteiger partial charge in [-0.25, -0.2) is 0 Å². The predicted molar refractivity (Wildman–Crippen MR) is 102 cm³/mol. The summed E-state index contributed by atoms with van der Waals surface area (Å²) in [7, 11) is 0. The van der Waals surface area contributed by atoms with E-state index in [1.165, 1.54) is 5.56 Å². The first kappa shape index (κ1) is 16.2. The number of anilines is 1. The minimum Gasteiger partial charge on any atom is -0.369 e. The number of carbonyl (C=O) groups excluding carboxylic acids is 1. The van der Waals surface area contributed by atoms with Gasteiger partial charge in [-0.15, -0.1) is 0 Å². The minimum atomic E-state index is -0.00292. The zero-order chi connectivity index (χ0) is 17.2. The molecule has 2 heterocycles. The van der Waals surface area contributed by atoms with Crippen LogP contribution in [0.4, 0.5) is 5.69 Å². The number of nitrogens with zero attached hydrogens (tertiary/aromatic N) is 1. The molecular weight excluding hydrogens is 380 g/mol. The molecule has 128 valence electrons. The molecule has 0 aliphatic carbocycles. The summed E-state index contributed by atoms with van der Waals surface area (Å²) in [6, 6.07) is 16.3. The lowest BCUT2D eigenvalue weighted by molar-refractivity contribution is -0.117. The van der Waals surface area contributed by atoms with E-state index >= 15 is 0 Å². The van der Waals surface area contributed by atoms with Gasteiger partial charge in [-0.3, -0.25) is 9.69 Å². The van der Waals surface area contributed by atoms with Crippen LogP contribution in [-0.2, 0) is 4.79 Å². The Morgan fingerprint density at radius 2 is 1.84 bits per heavy atom. The second-order valence-corrected chi connectivity index (χ2v) is 7.16. The van der Waals surface area contributed by atoms with Crippen LogP contribution in [0.15, 0.2) is 65.4 Å². The van der Waals surface area contributed by atoms with Crippen molar-refractivity contribution < 1.29 is 4.79 Å². The highest BCUT2D eigenvalue weighted by Crippen LogP contribution is 2.37. The Morgan fingerprint density at radius 1 is 1.08 bits per heavy atom. The molecule has 2 aromatic rings. The van der Waals surface area contributed by atoms with Crippen molar-refractivity contribution in [2.75, 3.05) is 18.4 Å². The Morgan fingerprint density at radius 3 is 2.60 bits per heavy atom. The molecule has 0 radical (unpaired) electrons. The molecule has 4 rings (SSSR count). The van der Waals surface area contributed by atoms with Crippen LogP contribution in [0.3, 0.4) is 0 Å². The van der Waals surface area contributed by atoms with Crippen LogP contribution in [0.2, 0.25) is 0 Å². The van der Waals surface area contributed by atoms with Crippen molar-refractivity contribution in [1.82, 2.24) is 15.5 Å². The molecule has 2 aliphatic heterocycles. The molecule has 1 unspecified atom stereocenters. The average Bonchev–Trinajstić information content (AvgIpc) is 3.06. The van der Waals surface area contributed by atoms with Crippen molar-refractivity contribution in [1.29, 1.82) is 0 Å². The Balaban J connectivity index is 1.78. The molecule has 0 saturated carbocycles. The van der Waals surface area contributed by atoms with E-state index in [1.54, 1.807) is 0 Å². The predicted octanol–water partition coefficient (Wildman–Crippen LogP) is 2.78. The first-order chi connectivity index (χ1) is 12.2. The third-order valence-corrected chi connectivity index (χ3v) is 5.00. The summed E-state index contributed by atoms with van der Waals surface area (Å²) in [5.74, 6) is 0.00737. The summed E-state index contributed by atoms with van der Waals surface area (Å²) in [6.07, 6.45) is 3.88. The number of benzene rings is 2. The largest absolute Gasteiger partial charge is 0.369 e. The van der Waals surface area contributed by atoms with Crippen LogP contribution < -0.4 is 16.0 Å². The SMILES string of the molecule is O=C1CN(CC2NC=CN2)C(c2ccccc2)c2cc(Br)ccc2N1. The first-order valence-corrected chi connectivity index (χ1v) is 9.05. The highest BCUT2D eigenvalue weighted by molar-refractivity contribution is 9.10. The van der Waals surface area contributed by atoms with E-state index in [1.807, 2.05) is 42.7 Å². The zero-order valence-corrected chi connectivity index (χ0v) is 15.2. The van der Waals surface area contributed by atoms with Crippen LogP contribution >= 0.6 is 15.9 Å². The van der Waals surface area contributed by atoms with E-state index in [0.29, 0.717) is 13.1 Å². The van der Waals surface area contributed by atoms with Gasteiger partial charge in [-0.2, -0.15) is 0 Å². The number of hydrogen-bond donors (Lipinski definition) is 3. The minimum absolute atomic E-state index is 0.00292. The van der Waals surface area contributed by atoms with E-state index in [-0.39, 0.29) is 18.1 Å². The molecule has 6 heteroatoms. The maximum Gasteiger partial charge on any atom is 0.238 e. The topological polar surface area (TPSA) is 56.4 Å². The number of nitrogens with one attached hydrogen (secondary N) is 3. The molecule has 2 aromatic carbocycles.